The van der Waals surface area contributed by atoms with Crippen molar-refractivity contribution in [2.24, 2.45) is 10.9 Å². The molecule has 1 unspecified atom stereocenters. The highest BCUT2D eigenvalue weighted by molar-refractivity contribution is 5.84. The van der Waals surface area contributed by atoms with Crippen LogP contribution in [0.3, 0.4) is 0 Å². The van der Waals surface area contributed by atoms with Crippen molar-refractivity contribution in [1.29, 1.82) is 0 Å². The predicted molar refractivity (Wildman–Crippen MR) is 121 cm³/mol. The van der Waals surface area contributed by atoms with Gasteiger partial charge in [0.05, 0.1) is 13.2 Å². The van der Waals surface area contributed by atoms with E-state index < -0.39 is 0 Å². The summed E-state index contributed by atoms with van der Waals surface area (Å²) in [6.45, 7) is 9.32. The number of ether oxygens (including phenoxy) is 1. The number of hydrogen-bond donors (Lipinski definition) is 2. The zero-order chi connectivity index (χ0) is 21.2. The molecule has 0 aromatic heterocycles. The van der Waals surface area contributed by atoms with E-state index in [1.54, 1.807) is 19.0 Å². The number of likely N-dealkylation sites (tertiary alicyclic amines) is 1. The highest BCUT2D eigenvalue weighted by Gasteiger charge is 2.26. The molecule has 0 aromatic rings. The molecule has 3 aliphatic rings. The maximum absolute atomic E-state index is 12.0. The maximum atomic E-state index is 12.0. The molecule has 172 valence electrons. The molecule has 8 nitrogen and oxygen atoms in total. The fourth-order valence-electron chi connectivity index (χ4n) is 4.64. The summed E-state index contributed by atoms with van der Waals surface area (Å²) in [5.74, 6) is 1.70. The molecular formula is C22H42N6O2. The van der Waals surface area contributed by atoms with Gasteiger partial charge in [0.2, 0.25) is 5.91 Å². The fourth-order valence-corrected chi connectivity index (χ4v) is 4.64. The number of likely N-dealkylation sites (N-methyl/N-ethyl adjacent to an activating group) is 1. The predicted octanol–water partition coefficient (Wildman–Crippen LogP) is 0.597. The number of carbonyl (C=O) groups excluding carboxylic acids is 1. The number of rotatable bonds is 9. The molecule has 0 aromatic carbocycles. The average molecular weight is 423 g/mol. The van der Waals surface area contributed by atoms with Crippen LogP contribution in [0.2, 0.25) is 0 Å². The van der Waals surface area contributed by atoms with Crippen molar-refractivity contribution in [3.05, 3.63) is 0 Å². The van der Waals surface area contributed by atoms with E-state index in [1.807, 2.05) is 0 Å². The zero-order valence-electron chi connectivity index (χ0n) is 19.1. The number of guanidine groups is 1. The Labute approximate surface area is 182 Å². The van der Waals surface area contributed by atoms with E-state index in [-0.39, 0.29) is 12.5 Å². The first-order valence-corrected chi connectivity index (χ1v) is 11.9. The second-order valence-electron chi connectivity index (χ2n) is 9.23. The van der Waals surface area contributed by atoms with Crippen LogP contribution >= 0.6 is 0 Å². The molecule has 3 fully saturated rings. The lowest BCUT2D eigenvalue weighted by Gasteiger charge is -2.26. The Morgan fingerprint density at radius 3 is 2.60 bits per heavy atom. The number of nitrogens with zero attached hydrogens (tertiary/aromatic N) is 4. The summed E-state index contributed by atoms with van der Waals surface area (Å²) in [6.07, 6.45) is 7.82. The largest absolute Gasteiger partial charge is 0.379 e. The lowest BCUT2D eigenvalue weighted by molar-refractivity contribution is -0.127. The summed E-state index contributed by atoms with van der Waals surface area (Å²) in [5, 5.41) is 7.06. The zero-order valence-corrected chi connectivity index (χ0v) is 19.1. The molecule has 0 spiro atoms. The van der Waals surface area contributed by atoms with Crippen molar-refractivity contribution in [1.82, 2.24) is 25.3 Å². The quantitative estimate of drug-likeness (QED) is 0.322. The van der Waals surface area contributed by atoms with E-state index in [1.165, 1.54) is 32.2 Å². The van der Waals surface area contributed by atoms with Crippen LogP contribution in [0.4, 0.5) is 0 Å². The van der Waals surface area contributed by atoms with Crippen molar-refractivity contribution in [2.45, 2.75) is 44.6 Å². The summed E-state index contributed by atoms with van der Waals surface area (Å²) in [6, 6.07) is 0.409. The molecule has 0 radical (unpaired) electrons. The molecule has 2 aliphatic heterocycles. The minimum atomic E-state index is 0.0266. The average Bonchev–Trinajstić information content (AvgIpc) is 3.42. The van der Waals surface area contributed by atoms with Gasteiger partial charge in [0, 0.05) is 59.4 Å². The van der Waals surface area contributed by atoms with Gasteiger partial charge in [0.15, 0.2) is 5.96 Å². The van der Waals surface area contributed by atoms with Crippen LogP contribution in [-0.2, 0) is 9.53 Å². The van der Waals surface area contributed by atoms with Crippen LogP contribution in [-0.4, -0.2) is 112 Å². The summed E-state index contributed by atoms with van der Waals surface area (Å²) >= 11 is 0. The molecule has 30 heavy (non-hydrogen) atoms. The summed E-state index contributed by atoms with van der Waals surface area (Å²) in [4.78, 5) is 23.2. The number of carbonyl (C=O) groups is 1. The summed E-state index contributed by atoms with van der Waals surface area (Å²) < 4.78 is 5.42. The number of hydrogen-bond acceptors (Lipinski definition) is 5. The fraction of sp³-hybridized carbons (Fsp3) is 0.909. The summed E-state index contributed by atoms with van der Waals surface area (Å²) in [5.41, 5.74) is 0. The Morgan fingerprint density at radius 1 is 1.10 bits per heavy atom. The molecule has 0 bridgehead atoms. The van der Waals surface area contributed by atoms with Crippen LogP contribution in [0, 0.1) is 5.92 Å². The van der Waals surface area contributed by atoms with Crippen molar-refractivity contribution in [3.63, 3.8) is 0 Å². The Bertz CT molecular complexity index is 544. The van der Waals surface area contributed by atoms with Crippen LogP contribution in [0.5, 0.6) is 0 Å². The topological polar surface area (TPSA) is 72.4 Å². The minimum Gasteiger partial charge on any atom is -0.379 e. The van der Waals surface area contributed by atoms with Crippen LogP contribution in [0.1, 0.15) is 38.5 Å². The Kier molecular flexibility index (Phi) is 9.68. The normalized spacial score (nSPS) is 24.3. The van der Waals surface area contributed by atoms with Gasteiger partial charge in [-0.2, -0.15) is 0 Å². The second kappa shape index (κ2) is 12.5. The van der Waals surface area contributed by atoms with E-state index in [9.17, 15) is 4.79 Å². The highest BCUT2D eigenvalue weighted by atomic mass is 16.5. The number of aliphatic imine (C=N–C) groups is 1. The lowest BCUT2D eigenvalue weighted by atomic mass is 10.1. The van der Waals surface area contributed by atoms with Gasteiger partial charge >= 0.3 is 0 Å². The maximum Gasteiger partial charge on any atom is 0.243 e. The standard InChI is InChI=1S/C22H42N6O2/c1-26(2)21(29)16-24-22(23-9-5-10-27-12-14-30-15-13-27)25-20-8-11-28(18-20)17-19-6-3-4-7-19/h19-20H,3-18H2,1-2H3,(H2,23,24,25). The van der Waals surface area contributed by atoms with E-state index in [0.29, 0.717) is 6.04 Å². The van der Waals surface area contributed by atoms with E-state index in [2.05, 4.69) is 25.4 Å². The van der Waals surface area contributed by atoms with Crippen LogP contribution in [0.25, 0.3) is 0 Å². The molecule has 1 aliphatic carbocycles. The van der Waals surface area contributed by atoms with Gasteiger partial charge in [-0.1, -0.05) is 12.8 Å². The van der Waals surface area contributed by atoms with E-state index in [4.69, 9.17) is 4.74 Å². The van der Waals surface area contributed by atoms with Crippen molar-refractivity contribution < 1.29 is 9.53 Å². The number of morpholine rings is 1. The van der Waals surface area contributed by atoms with Crippen molar-refractivity contribution in [3.8, 4) is 0 Å². The molecule has 1 amide bonds. The summed E-state index contributed by atoms with van der Waals surface area (Å²) in [7, 11) is 3.55. The molecule has 1 saturated carbocycles. The third-order valence-corrected chi connectivity index (χ3v) is 6.52. The number of nitrogens with one attached hydrogen (secondary N) is 2. The van der Waals surface area contributed by atoms with Gasteiger partial charge < -0.3 is 25.2 Å². The third kappa shape index (κ3) is 8.04. The Balaban J connectivity index is 1.43. The van der Waals surface area contributed by atoms with Gasteiger partial charge in [-0.15, -0.1) is 0 Å². The van der Waals surface area contributed by atoms with Gasteiger partial charge in [-0.25, -0.2) is 4.99 Å². The van der Waals surface area contributed by atoms with Gasteiger partial charge in [-0.3, -0.25) is 9.69 Å². The molecule has 1 atom stereocenters. The van der Waals surface area contributed by atoms with Gasteiger partial charge in [0.25, 0.3) is 0 Å². The smallest absolute Gasteiger partial charge is 0.243 e. The molecule has 2 heterocycles. The molecular weight excluding hydrogens is 380 g/mol. The minimum absolute atomic E-state index is 0.0266. The molecule has 2 saturated heterocycles. The molecule has 2 N–H and O–H groups in total. The van der Waals surface area contributed by atoms with Crippen LogP contribution < -0.4 is 10.6 Å². The SMILES string of the molecule is CN(C)C(=O)CN=C(NCCCN1CCOCC1)NC1CCN(CC2CCCC2)C1. The van der Waals surface area contributed by atoms with E-state index >= 15 is 0 Å². The first kappa shape index (κ1) is 23.3. The van der Waals surface area contributed by atoms with Crippen molar-refractivity contribution in [2.75, 3.05) is 79.7 Å². The first-order chi connectivity index (χ1) is 14.6. The van der Waals surface area contributed by atoms with Gasteiger partial charge in [0.1, 0.15) is 6.54 Å². The van der Waals surface area contributed by atoms with Gasteiger partial charge in [-0.05, 0) is 38.1 Å². The lowest BCUT2D eigenvalue weighted by Crippen LogP contribution is -2.46. The van der Waals surface area contributed by atoms with E-state index in [0.717, 1.165) is 77.2 Å². The molecule has 3 rings (SSSR count). The Hall–Kier alpha value is -1.38. The van der Waals surface area contributed by atoms with Crippen LogP contribution in [0.15, 0.2) is 4.99 Å². The second-order valence-corrected chi connectivity index (χ2v) is 9.23. The molecule has 8 heteroatoms. The first-order valence-electron chi connectivity index (χ1n) is 11.9. The Morgan fingerprint density at radius 2 is 1.87 bits per heavy atom. The number of amides is 1. The van der Waals surface area contributed by atoms with Crippen molar-refractivity contribution >= 4 is 11.9 Å². The third-order valence-electron chi connectivity index (χ3n) is 6.52. The highest BCUT2D eigenvalue weighted by Crippen LogP contribution is 2.26. The monoisotopic (exact) mass is 422 g/mol.